The molecule has 0 bridgehead atoms. The highest BCUT2D eigenvalue weighted by Crippen LogP contribution is 2.30. The Balaban J connectivity index is 2.18. The molecule has 0 heterocycles. The molecular formula is C10H15NO. The van der Waals surface area contributed by atoms with Gasteiger partial charge in [-0.1, -0.05) is 0 Å². The number of carbonyl (C=O) groups is 1. The Morgan fingerprint density at radius 3 is 2.50 bits per heavy atom. The van der Waals surface area contributed by atoms with Gasteiger partial charge in [0.05, 0.1) is 6.07 Å². The first-order valence-corrected chi connectivity index (χ1v) is 4.70. The summed E-state index contributed by atoms with van der Waals surface area (Å²) in [6.45, 7) is 0. The SMILES string of the molecule is N#CC1CCC(CCC=O)CC1. The predicted octanol–water partition coefficient (Wildman–Crippen LogP) is 2.30. The molecule has 0 N–H and O–H groups in total. The number of aldehydes is 1. The molecule has 1 aliphatic rings. The van der Waals surface area contributed by atoms with Crippen molar-refractivity contribution in [3.63, 3.8) is 0 Å². The third kappa shape index (κ3) is 2.65. The smallest absolute Gasteiger partial charge is 0.120 e. The van der Waals surface area contributed by atoms with Gasteiger partial charge >= 0.3 is 0 Å². The van der Waals surface area contributed by atoms with Crippen molar-refractivity contribution in [2.24, 2.45) is 11.8 Å². The van der Waals surface area contributed by atoms with Crippen LogP contribution in [0.5, 0.6) is 0 Å². The Hall–Kier alpha value is -0.840. The van der Waals surface area contributed by atoms with Crippen LogP contribution in [0.1, 0.15) is 38.5 Å². The fourth-order valence-corrected chi connectivity index (χ4v) is 1.88. The van der Waals surface area contributed by atoms with E-state index in [1.807, 2.05) is 0 Å². The van der Waals surface area contributed by atoms with Crippen molar-refractivity contribution < 1.29 is 4.79 Å². The maximum Gasteiger partial charge on any atom is 0.120 e. The molecule has 0 spiro atoms. The average Bonchev–Trinajstić information content (AvgIpc) is 2.15. The Morgan fingerprint density at radius 1 is 1.33 bits per heavy atom. The lowest BCUT2D eigenvalue weighted by Gasteiger charge is -2.23. The second-order valence-corrected chi connectivity index (χ2v) is 3.59. The summed E-state index contributed by atoms with van der Waals surface area (Å²) >= 11 is 0. The van der Waals surface area contributed by atoms with Crippen molar-refractivity contribution >= 4 is 6.29 Å². The molecule has 66 valence electrons. The third-order valence-electron chi connectivity index (χ3n) is 2.72. The highest BCUT2D eigenvalue weighted by molar-refractivity contribution is 5.49. The van der Waals surface area contributed by atoms with Crippen LogP contribution in [-0.2, 0) is 4.79 Å². The average molecular weight is 165 g/mol. The number of hydrogen-bond acceptors (Lipinski definition) is 2. The van der Waals surface area contributed by atoms with Crippen LogP contribution in [0.15, 0.2) is 0 Å². The van der Waals surface area contributed by atoms with Gasteiger partial charge in [-0.15, -0.1) is 0 Å². The largest absolute Gasteiger partial charge is 0.303 e. The molecule has 1 fully saturated rings. The summed E-state index contributed by atoms with van der Waals surface area (Å²) < 4.78 is 0. The van der Waals surface area contributed by atoms with E-state index in [2.05, 4.69) is 6.07 Å². The molecule has 0 saturated heterocycles. The summed E-state index contributed by atoms with van der Waals surface area (Å²) in [6.07, 6.45) is 7.10. The minimum atomic E-state index is 0.289. The fourth-order valence-electron chi connectivity index (χ4n) is 1.88. The minimum absolute atomic E-state index is 0.289. The first-order chi connectivity index (χ1) is 5.86. The van der Waals surface area contributed by atoms with Crippen LogP contribution in [0.3, 0.4) is 0 Å². The summed E-state index contributed by atoms with van der Waals surface area (Å²) in [5, 5.41) is 8.65. The topological polar surface area (TPSA) is 40.9 Å². The fraction of sp³-hybridized carbons (Fsp3) is 0.800. The predicted molar refractivity (Wildman–Crippen MR) is 46.4 cm³/mol. The van der Waals surface area contributed by atoms with Crippen LogP contribution < -0.4 is 0 Å². The summed E-state index contributed by atoms with van der Waals surface area (Å²) in [7, 11) is 0. The summed E-state index contributed by atoms with van der Waals surface area (Å²) in [6, 6.07) is 2.31. The Labute approximate surface area is 73.6 Å². The molecule has 1 rings (SSSR count). The highest BCUT2D eigenvalue weighted by atomic mass is 16.1. The second kappa shape index (κ2) is 4.92. The van der Waals surface area contributed by atoms with Crippen molar-refractivity contribution in [1.82, 2.24) is 0 Å². The van der Waals surface area contributed by atoms with Crippen molar-refractivity contribution in [3.8, 4) is 6.07 Å². The number of carbonyl (C=O) groups excluding carboxylic acids is 1. The van der Waals surface area contributed by atoms with E-state index in [0.29, 0.717) is 12.3 Å². The van der Waals surface area contributed by atoms with E-state index >= 15 is 0 Å². The van der Waals surface area contributed by atoms with Gasteiger partial charge in [0, 0.05) is 12.3 Å². The second-order valence-electron chi connectivity index (χ2n) is 3.59. The molecule has 0 radical (unpaired) electrons. The van der Waals surface area contributed by atoms with E-state index < -0.39 is 0 Å². The standard InChI is InChI=1S/C10H15NO/c11-8-10-5-3-9(4-6-10)2-1-7-12/h7,9-10H,1-6H2. The summed E-state index contributed by atoms with van der Waals surface area (Å²) in [5.41, 5.74) is 0. The normalized spacial score (nSPS) is 29.2. The van der Waals surface area contributed by atoms with E-state index in [-0.39, 0.29) is 5.92 Å². The van der Waals surface area contributed by atoms with E-state index in [4.69, 9.17) is 5.26 Å². The molecule has 0 aromatic heterocycles. The number of rotatable bonds is 3. The van der Waals surface area contributed by atoms with Crippen LogP contribution in [0.2, 0.25) is 0 Å². The molecule has 0 unspecified atom stereocenters. The monoisotopic (exact) mass is 165 g/mol. The minimum Gasteiger partial charge on any atom is -0.303 e. The Kier molecular flexibility index (Phi) is 3.79. The molecule has 1 saturated carbocycles. The first kappa shape index (κ1) is 9.25. The number of nitrogens with zero attached hydrogens (tertiary/aromatic N) is 1. The van der Waals surface area contributed by atoms with Crippen LogP contribution in [-0.4, -0.2) is 6.29 Å². The van der Waals surface area contributed by atoms with Crippen molar-refractivity contribution in [1.29, 1.82) is 5.26 Å². The number of nitriles is 1. The quantitative estimate of drug-likeness (QED) is 0.602. The molecule has 2 heteroatoms. The maximum absolute atomic E-state index is 10.1. The molecule has 0 aliphatic heterocycles. The highest BCUT2D eigenvalue weighted by Gasteiger charge is 2.19. The molecule has 0 aromatic rings. The lowest BCUT2D eigenvalue weighted by molar-refractivity contribution is -0.108. The van der Waals surface area contributed by atoms with Crippen molar-refractivity contribution in [2.75, 3.05) is 0 Å². The molecule has 0 aromatic carbocycles. The third-order valence-corrected chi connectivity index (χ3v) is 2.72. The summed E-state index contributed by atoms with van der Waals surface area (Å²) in [4.78, 5) is 10.1. The van der Waals surface area contributed by atoms with Gasteiger partial charge in [0.25, 0.3) is 0 Å². The zero-order valence-corrected chi connectivity index (χ0v) is 7.33. The Morgan fingerprint density at radius 2 is 2.00 bits per heavy atom. The molecule has 1 aliphatic carbocycles. The molecule has 0 amide bonds. The molecule has 0 atom stereocenters. The molecule has 2 nitrogen and oxygen atoms in total. The molecule has 12 heavy (non-hydrogen) atoms. The van der Waals surface area contributed by atoms with Crippen LogP contribution in [0.4, 0.5) is 0 Å². The van der Waals surface area contributed by atoms with Gasteiger partial charge in [0.2, 0.25) is 0 Å². The van der Waals surface area contributed by atoms with E-state index in [1.165, 1.54) is 0 Å². The van der Waals surface area contributed by atoms with Gasteiger partial charge in [-0.3, -0.25) is 0 Å². The van der Waals surface area contributed by atoms with Gasteiger partial charge in [0.15, 0.2) is 0 Å². The summed E-state index contributed by atoms with van der Waals surface area (Å²) in [5.74, 6) is 0.997. The van der Waals surface area contributed by atoms with Gasteiger partial charge in [-0.25, -0.2) is 0 Å². The van der Waals surface area contributed by atoms with E-state index in [1.54, 1.807) is 0 Å². The first-order valence-electron chi connectivity index (χ1n) is 4.70. The lowest BCUT2D eigenvalue weighted by atomic mass is 9.81. The van der Waals surface area contributed by atoms with E-state index in [9.17, 15) is 4.79 Å². The lowest BCUT2D eigenvalue weighted by Crippen LogP contribution is -2.13. The zero-order valence-electron chi connectivity index (χ0n) is 7.33. The van der Waals surface area contributed by atoms with Crippen molar-refractivity contribution in [3.05, 3.63) is 0 Å². The van der Waals surface area contributed by atoms with Gasteiger partial charge < -0.3 is 4.79 Å². The van der Waals surface area contributed by atoms with Crippen LogP contribution >= 0.6 is 0 Å². The van der Waals surface area contributed by atoms with Gasteiger partial charge in [0.1, 0.15) is 6.29 Å². The van der Waals surface area contributed by atoms with Gasteiger partial charge in [-0.05, 0) is 38.0 Å². The van der Waals surface area contributed by atoms with Crippen molar-refractivity contribution in [2.45, 2.75) is 38.5 Å². The Bertz CT molecular complexity index is 175. The maximum atomic E-state index is 10.1. The number of hydrogen-bond donors (Lipinski definition) is 0. The van der Waals surface area contributed by atoms with Gasteiger partial charge in [-0.2, -0.15) is 5.26 Å². The zero-order chi connectivity index (χ0) is 8.81. The van der Waals surface area contributed by atoms with Crippen LogP contribution in [0.25, 0.3) is 0 Å². The molecular weight excluding hydrogens is 150 g/mol. The van der Waals surface area contributed by atoms with E-state index in [0.717, 1.165) is 38.4 Å². The van der Waals surface area contributed by atoms with Crippen LogP contribution in [0, 0.1) is 23.2 Å².